The molecule has 28 heavy (non-hydrogen) atoms. The van der Waals surface area contributed by atoms with Crippen molar-refractivity contribution in [2.45, 2.75) is 18.1 Å². The minimum Gasteiger partial charge on any atom is -0.493 e. The van der Waals surface area contributed by atoms with Gasteiger partial charge in [-0.3, -0.25) is 9.69 Å². The van der Waals surface area contributed by atoms with Crippen molar-refractivity contribution in [2.75, 3.05) is 34.6 Å². The van der Waals surface area contributed by atoms with Crippen molar-refractivity contribution in [1.29, 1.82) is 0 Å². The standard InChI is InChI=1S/C21H21NO6/c1-22-7-6-11-8-15-16(28-10-27-15)9-13(11)21(22)19(23)12-4-5-14(25-2)18(26-3)17(12)20(21)24/h4-5,8-9,20,24H,6-7,10H2,1-3H3/t20-,21+/m1/s1. The molecule has 0 saturated carbocycles. The molecule has 2 aromatic carbocycles. The Hall–Kier alpha value is -2.77. The summed E-state index contributed by atoms with van der Waals surface area (Å²) in [5, 5.41) is 11.6. The maximum Gasteiger partial charge on any atom is 0.231 e. The average molecular weight is 383 g/mol. The third-order valence-electron chi connectivity index (χ3n) is 6.17. The highest BCUT2D eigenvalue weighted by Crippen LogP contribution is 2.57. The van der Waals surface area contributed by atoms with E-state index in [0.29, 0.717) is 40.7 Å². The molecule has 0 amide bonds. The molecule has 0 bridgehead atoms. The van der Waals surface area contributed by atoms with E-state index in [9.17, 15) is 9.90 Å². The van der Waals surface area contributed by atoms with Crippen molar-refractivity contribution >= 4 is 5.78 Å². The summed E-state index contributed by atoms with van der Waals surface area (Å²) in [6.07, 6.45) is -0.356. The number of aliphatic hydroxyl groups is 1. The zero-order valence-corrected chi connectivity index (χ0v) is 15.9. The summed E-state index contributed by atoms with van der Waals surface area (Å²) in [5.74, 6) is 1.98. The quantitative estimate of drug-likeness (QED) is 0.850. The van der Waals surface area contributed by atoms with Gasteiger partial charge >= 0.3 is 0 Å². The summed E-state index contributed by atoms with van der Waals surface area (Å²) >= 11 is 0. The van der Waals surface area contributed by atoms with E-state index in [1.807, 2.05) is 24.1 Å². The van der Waals surface area contributed by atoms with E-state index in [4.69, 9.17) is 18.9 Å². The Kier molecular flexibility index (Phi) is 3.63. The molecule has 2 atom stereocenters. The lowest BCUT2D eigenvalue weighted by atomic mass is 9.76. The minimum atomic E-state index is -1.24. The van der Waals surface area contributed by atoms with Crippen LogP contribution < -0.4 is 18.9 Å². The van der Waals surface area contributed by atoms with Crippen LogP contribution in [0.4, 0.5) is 0 Å². The number of fused-ring (bicyclic) bond motifs is 4. The molecule has 7 heteroatoms. The molecule has 0 radical (unpaired) electrons. The summed E-state index contributed by atoms with van der Waals surface area (Å²) in [6, 6.07) is 7.16. The predicted molar refractivity (Wildman–Crippen MR) is 99.4 cm³/mol. The highest BCUT2D eigenvalue weighted by Gasteiger charge is 2.60. The second-order valence-corrected chi connectivity index (χ2v) is 7.29. The number of nitrogens with zero attached hydrogens (tertiary/aromatic N) is 1. The molecular formula is C21H21NO6. The van der Waals surface area contributed by atoms with Gasteiger partial charge in [-0.2, -0.15) is 0 Å². The zero-order chi connectivity index (χ0) is 19.6. The highest BCUT2D eigenvalue weighted by atomic mass is 16.7. The van der Waals surface area contributed by atoms with Crippen molar-refractivity contribution in [2.24, 2.45) is 0 Å². The van der Waals surface area contributed by atoms with Gasteiger partial charge in [0.25, 0.3) is 0 Å². The maximum absolute atomic E-state index is 13.8. The number of methoxy groups -OCH3 is 2. The van der Waals surface area contributed by atoms with Gasteiger partial charge < -0.3 is 24.1 Å². The number of Topliss-reactive ketones (excluding diaryl/α,β-unsaturated/α-hetero) is 1. The molecule has 0 fully saturated rings. The Morgan fingerprint density at radius 1 is 1.18 bits per heavy atom. The van der Waals surface area contributed by atoms with E-state index in [0.717, 1.165) is 17.5 Å². The monoisotopic (exact) mass is 383 g/mol. The molecule has 7 nitrogen and oxygen atoms in total. The smallest absolute Gasteiger partial charge is 0.231 e. The largest absolute Gasteiger partial charge is 0.493 e. The van der Waals surface area contributed by atoms with Crippen molar-refractivity contribution in [1.82, 2.24) is 4.90 Å². The first-order valence-corrected chi connectivity index (χ1v) is 9.16. The minimum absolute atomic E-state index is 0.154. The van der Waals surface area contributed by atoms with Crippen LogP contribution in [-0.2, 0) is 12.0 Å². The number of benzene rings is 2. The van der Waals surface area contributed by atoms with Gasteiger partial charge in [0, 0.05) is 17.7 Å². The fourth-order valence-corrected chi connectivity index (χ4v) is 4.83. The van der Waals surface area contributed by atoms with Crippen molar-refractivity contribution in [3.8, 4) is 23.0 Å². The predicted octanol–water partition coefficient (Wildman–Crippen LogP) is 2.05. The topological polar surface area (TPSA) is 77.5 Å². The van der Waals surface area contributed by atoms with Crippen molar-refractivity contribution in [3.63, 3.8) is 0 Å². The lowest BCUT2D eigenvalue weighted by Gasteiger charge is -2.44. The summed E-state index contributed by atoms with van der Waals surface area (Å²) in [4.78, 5) is 15.7. The molecule has 2 heterocycles. The van der Waals surface area contributed by atoms with Gasteiger partial charge in [-0.1, -0.05) is 0 Å². The lowest BCUT2D eigenvalue weighted by molar-refractivity contribution is -0.00841. The van der Waals surface area contributed by atoms with Gasteiger partial charge in [0.1, 0.15) is 11.6 Å². The average Bonchev–Trinajstić information content (AvgIpc) is 3.25. The van der Waals surface area contributed by atoms with Gasteiger partial charge in [-0.05, 0) is 48.9 Å². The third-order valence-corrected chi connectivity index (χ3v) is 6.17. The van der Waals surface area contributed by atoms with E-state index in [1.54, 1.807) is 12.1 Å². The summed E-state index contributed by atoms with van der Waals surface area (Å²) in [7, 11) is 4.91. The second-order valence-electron chi connectivity index (χ2n) is 7.29. The van der Waals surface area contributed by atoms with Crippen LogP contribution in [0.2, 0.25) is 0 Å². The van der Waals surface area contributed by atoms with E-state index >= 15 is 0 Å². The van der Waals surface area contributed by atoms with Gasteiger partial charge in [0.15, 0.2) is 28.8 Å². The van der Waals surface area contributed by atoms with E-state index in [2.05, 4.69) is 0 Å². The number of ether oxygens (including phenoxy) is 4. The molecule has 2 aromatic rings. The van der Waals surface area contributed by atoms with Gasteiger partial charge in [0.05, 0.1) is 14.2 Å². The molecule has 1 aliphatic carbocycles. The van der Waals surface area contributed by atoms with Crippen LogP contribution in [-0.4, -0.2) is 50.4 Å². The number of carbonyl (C=O) groups excluding carboxylic acids is 1. The summed E-state index contributed by atoms with van der Waals surface area (Å²) in [6.45, 7) is 0.783. The molecule has 146 valence electrons. The first-order valence-electron chi connectivity index (χ1n) is 9.16. The molecule has 3 aliphatic rings. The number of hydrogen-bond acceptors (Lipinski definition) is 7. The van der Waals surface area contributed by atoms with Crippen molar-refractivity contribution in [3.05, 3.63) is 46.5 Å². The first-order chi connectivity index (χ1) is 13.5. The Morgan fingerprint density at radius 2 is 1.93 bits per heavy atom. The summed E-state index contributed by atoms with van der Waals surface area (Å²) < 4.78 is 22.0. The first kappa shape index (κ1) is 17.3. The SMILES string of the molecule is COc1ccc2c(c1OC)[C@@H](O)[C@@]1(C2=O)c2cc3c(cc2CCN1C)OCO3. The maximum atomic E-state index is 13.8. The lowest BCUT2D eigenvalue weighted by Crippen LogP contribution is -2.54. The fraction of sp³-hybridized carbons (Fsp3) is 0.381. The molecule has 0 aromatic heterocycles. The van der Waals surface area contributed by atoms with Gasteiger partial charge in [0.2, 0.25) is 6.79 Å². The van der Waals surface area contributed by atoms with Crippen LogP contribution in [0, 0.1) is 0 Å². The number of carbonyl (C=O) groups is 1. The van der Waals surface area contributed by atoms with Gasteiger partial charge in [-0.15, -0.1) is 0 Å². The van der Waals surface area contributed by atoms with Crippen LogP contribution in [0.5, 0.6) is 23.0 Å². The van der Waals surface area contributed by atoms with E-state index in [1.165, 1.54) is 14.2 Å². The molecule has 0 unspecified atom stereocenters. The Balaban J connectivity index is 1.78. The van der Waals surface area contributed by atoms with E-state index < -0.39 is 11.6 Å². The van der Waals surface area contributed by atoms with Crippen molar-refractivity contribution < 1.29 is 28.8 Å². The Bertz CT molecular complexity index is 1000. The third kappa shape index (κ3) is 1.92. The zero-order valence-electron chi connectivity index (χ0n) is 15.9. The number of aliphatic hydroxyl groups excluding tert-OH is 1. The Labute approximate surface area is 162 Å². The number of ketones is 1. The number of likely N-dealkylation sites (N-methyl/N-ethyl adjacent to an activating group) is 1. The van der Waals surface area contributed by atoms with Gasteiger partial charge in [-0.25, -0.2) is 0 Å². The normalized spacial score (nSPS) is 25.0. The highest BCUT2D eigenvalue weighted by molar-refractivity contribution is 6.10. The fourth-order valence-electron chi connectivity index (χ4n) is 4.83. The molecule has 0 saturated heterocycles. The number of hydrogen-bond donors (Lipinski definition) is 1. The Morgan fingerprint density at radius 3 is 2.64 bits per heavy atom. The molecule has 1 spiro atoms. The molecular weight excluding hydrogens is 362 g/mol. The molecule has 5 rings (SSSR count). The second kappa shape index (κ2) is 5.86. The summed E-state index contributed by atoms with van der Waals surface area (Å²) in [5.41, 5.74) is 1.40. The van der Waals surface area contributed by atoms with Crippen LogP contribution >= 0.6 is 0 Å². The molecule has 1 N–H and O–H groups in total. The van der Waals surface area contributed by atoms with E-state index in [-0.39, 0.29) is 12.6 Å². The molecule has 2 aliphatic heterocycles. The van der Waals surface area contributed by atoms with Crippen LogP contribution in [0.1, 0.15) is 33.2 Å². The number of rotatable bonds is 2. The van der Waals surface area contributed by atoms with Crippen LogP contribution in [0.25, 0.3) is 0 Å². The van der Waals surface area contributed by atoms with Crippen LogP contribution in [0.15, 0.2) is 24.3 Å². The van der Waals surface area contributed by atoms with Crippen LogP contribution in [0.3, 0.4) is 0 Å².